The number of nitrogens with zero attached hydrogens (tertiary/aromatic N) is 3. The molecule has 7 nitrogen and oxygen atoms in total. The van der Waals surface area contributed by atoms with Crippen LogP contribution in [0.5, 0.6) is 0 Å². The number of aromatic nitrogens is 1. The number of nitrogen functional groups attached to an aromatic ring is 1. The molecule has 4 rings (SSSR count). The fraction of sp³-hybridized carbons (Fsp3) is 0.389. The lowest BCUT2D eigenvalue weighted by molar-refractivity contribution is -0.133. The maximum atomic E-state index is 12.4. The monoisotopic (exact) mass is 338 g/mol. The number of aliphatic hydroxyl groups excluding tert-OH is 1. The Morgan fingerprint density at radius 3 is 2.92 bits per heavy atom. The molecule has 128 valence electrons. The summed E-state index contributed by atoms with van der Waals surface area (Å²) in [7, 11) is 0. The van der Waals surface area contributed by atoms with Gasteiger partial charge < -0.3 is 20.2 Å². The van der Waals surface area contributed by atoms with Gasteiger partial charge in [-0.3, -0.25) is 4.79 Å². The average Bonchev–Trinajstić information content (AvgIpc) is 3.37. The molecule has 0 unspecified atom stereocenters. The maximum Gasteiger partial charge on any atom is 0.225 e. The van der Waals surface area contributed by atoms with E-state index in [2.05, 4.69) is 11.1 Å². The first-order valence-electron chi connectivity index (χ1n) is 8.32. The molecule has 7 heteroatoms. The molecule has 0 bridgehead atoms. The first-order chi connectivity index (χ1) is 12.1. The molecule has 3 N–H and O–H groups in total. The highest BCUT2D eigenvalue weighted by molar-refractivity contribution is 5.82. The minimum absolute atomic E-state index is 0.145. The third kappa shape index (κ3) is 2.65. The van der Waals surface area contributed by atoms with Gasteiger partial charge in [0, 0.05) is 36.6 Å². The van der Waals surface area contributed by atoms with Crippen molar-refractivity contribution in [3.63, 3.8) is 0 Å². The molecular weight excluding hydrogens is 320 g/mol. The Morgan fingerprint density at radius 2 is 2.28 bits per heavy atom. The van der Waals surface area contributed by atoms with Crippen molar-refractivity contribution < 1.29 is 14.3 Å². The Morgan fingerprint density at radius 1 is 1.48 bits per heavy atom. The van der Waals surface area contributed by atoms with Gasteiger partial charge in [-0.05, 0) is 25.0 Å². The van der Waals surface area contributed by atoms with Crippen LogP contribution < -0.4 is 5.73 Å². The van der Waals surface area contributed by atoms with Crippen molar-refractivity contribution in [2.24, 2.45) is 5.92 Å². The summed E-state index contributed by atoms with van der Waals surface area (Å²) in [4.78, 5) is 18.7. The van der Waals surface area contributed by atoms with Gasteiger partial charge >= 0.3 is 0 Å². The summed E-state index contributed by atoms with van der Waals surface area (Å²) in [6.45, 7) is 0.786. The summed E-state index contributed by atoms with van der Waals surface area (Å²) in [5.41, 5.74) is 8.42. The molecule has 2 aliphatic rings. The van der Waals surface area contributed by atoms with Crippen LogP contribution in [-0.4, -0.2) is 27.4 Å². The Bertz CT molecular complexity index is 892. The van der Waals surface area contributed by atoms with Crippen LogP contribution in [0.25, 0.3) is 11.3 Å². The molecule has 1 amide bonds. The molecule has 1 saturated carbocycles. The predicted octanol–water partition coefficient (Wildman–Crippen LogP) is 1.58. The molecule has 1 aliphatic carbocycles. The summed E-state index contributed by atoms with van der Waals surface area (Å²) in [6.07, 6.45) is 2.51. The van der Waals surface area contributed by atoms with Gasteiger partial charge in [0.05, 0.1) is 5.69 Å². The number of carbonyl (C=O) groups is 1. The second-order valence-corrected chi connectivity index (χ2v) is 6.49. The molecular formula is C18H18N4O3. The average molecular weight is 338 g/mol. The largest absolute Gasteiger partial charge is 0.459 e. The lowest BCUT2D eigenvalue weighted by Gasteiger charge is -2.30. The van der Waals surface area contributed by atoms with Gasteiger partial charge in [-0.15, -0.1) is 0 Å². The number of anilines is 1. The van der Waals surface area contributed by atoms with Crippen molar-refractivity contribution in [2.45, 2.75) is 32.4 Å². The topological polar surface area (TPSA) is 116 Å². The highest BCUT2D eigenvalue weighted by Gasteiger charge is 2.36. The molecule has 25 heavy (non-hydrogen) atoms. The molecule has 2 aromatic heterocycles. The Labute approximate surface area is 144 Å². The summed E-state index contributed by atoms with van der Waals surface area (Å²) >= 11 is 0. The van der Waals surface area contributed by atoms with Crippen LogP contribution in [0.3, 0.4) is 0 Å². The molecule has 0 atom stereocenters. The number of hydrogen-bond donors (Lipinski definition) is 2. The highest BCUT2D eigenvalue weighted by Crippen LogP contribution is 2.38. The molecule has 1 aliphatic heterocycles. The molecule has 0 aromatic carbocycles. The zero-order valence-corrected chi connectivity index (χ0v) is 13.7. The SMILES string of the molecule is N#Cc1c(N)nc2c(c1-c1ccc(CO)o1)CN(C(=O)C1CC1)CC2. The van der Waals surface area contributed by atoms with Crippen LogP contribution in [0.15, 0.2) is 16.5 Å². The van der Waals surface area contributed by atoms with E-state index in [1.807, 2.05) is 4.90 Å². The number of hydrogen-bond acceptors (Lipinski definition) is 6. The quantitative estimate of drug-likeness (QED) is 0.877. The van der Waals surface area contributed by atoms with E-state index in [4.69, 9.17) is 10.2 Å². The molecule has 0 radical (unpaired) electrons. The molecule has 0 saturated heterocycles. The van der Waals surface area contributed by atoms with Crippen molar-refractivity contribution in [3.8, 4) is 17.4 Å². The Hall–Kier alpha value is -2.85. The smallest absolute Gasteiger partial charge is 0.225 e. The van der Waals surface area contributed by atoms with E-state index in [1.165, 1.54) is 0 Å². The molecule has 3 heterocycles. The third-order valence-electron chi connectivity index (χ3n) is 4.79. The van der Waals surface area contributed by atoms with Crippen LogP contribution in [0.2, 0.25) is 0 Å². The number of nitrogens with two attached hydrogens (primary N) is 1. The Kier molecular flexibility index (Phi) is 3.70. The van der Waals surface area contributed by atoms with Crippen molar-refractivity contribution >= 4 is 11.7 Å². The van der Waals surface area contributed by atoms with Gasteiger partial charge in [-0.2, -0.15) is 5.26 Å². The van der Waals surface area contributed by atoms with Crippen LogP contribution in [-0.2, 0) is 24.4 Å². The van der Waals surface area contributed by atoms with Crippen LogP contribution in [0.4, 0.5) is 5.82 Å². The molecule has 0 spiro atoms. The zero-order chi connectivity index (χ0) is 17.6. The lowest BCUT2D eigenvalue weighted by Crippen LogP contribution is -2.37. The molecule has 1 fully saturated rings. The fourth-order valence-electron chi connectivity index (χ4n) is 3.34. The number of aliphatic hydroxyl groups is 1. The van der Waals surface area contributed by atoms with Crippen molar-refractivity contribution in [2.75, 3.05) is 12.3 Å². The van der Waals surface area contributed by atoms with Crippen molar-refractivity contribution in [1.82, 2.24) is 9.88 Å². The summed E-state index contributed by atoms with van der Waals surface area (Å²) < 4.78 is 5.65. The van der Waals surface area contributed by atoms with E-state index in [0.29, 0.717) is 36.6 Å². The molecule has 2 aromatic rings. The van der Waals surface area contributed by atoms with E-state index in [-0.39, 0.29) is 29.8 Å². The van der Waals surface area contributed by atoms with E-state index in [0.717, 1.165) is 24.1 Å². The van der Waals surface area contributed by atoms with Gasteiger partial charge in [0.25, 0.3) is 0 Å². The zero-order valence-electron chi connectivity index (χ0n) is 13.7. The van der Waals surface area contributed by atoms with E-state index < -0.39 is 0 Å². The lowest BCUT2D eigenvalue weighted by atomic mass is 9.94. The van der Waals surface area contributed by atoms with Crippen molar-refractivity contribution in [3.05, 3.63) is 34.7 Å². The normalized spacial score (nSPS) is 16.4. The number of furan rings is 1. The number of amides is 1. The van der Waals surface area contributed by atoms with Gasteiger partial charge in [-0.25, -0.2) is 4.98 Å². The van der Waals surface area contributed by atoms with Crippen LogP contribution in [0, 0.1) is 17.2 Å². The number of carbonyl (C=O) groups excluding carboxylic acids is 1. The minimum Gasteiger partial charge on any atom is -0.459 e. The third-order valence-corrected chi connectivity index (χ3v) is 4.79. The van der Waals surface area contributed by atoms with E-state index >= 15 is 0 Å². The first kappa shape index (κ1) is 15.7. The Balaban J connectivity index is 1.82. The van der Waals surface area contributed by atoms with Gasteiger partial charge in [0.15, 0.2) is 0 Å². The number of rotatable bonds is 3. The summed E-state index contributed by atoms with van der Waals surface area (Å²) in [6, 6.07) is 5.48. The summed E-state index contributed by atoms with van der Waals surface area (Å²) in [5, 5.41) is 18.8. The summed E-state index contributed by atoms with van der Waals surface area (Å²) in [5.74, 6) is 1.35. The van der Waals surface area contributed by atoms with Gasteiger partial charge in [0.2, 0.25) is 5.91 Å². The number of fused-ring (bicyclic) bond motifs is 1. The highest BCUT2D eigenvalue weighted by atomic mass is 16.4. The van der Waals surface area contributed by atoms with E-state index in [1.54, 1.807) is 12.1 Å². The predicted molar refractivity (Wildman–Crippen MR) is 88.8 cm³/mol. The second-order valence-electron chi connectivity index (χ2n) is 6.49. The number of nitriles is 1. The van der Waals surface area contributed by atoms with Gasteiger partial charge in [0.1, 0.15) is 35.6 Å². The number of pyridine rings is 1. The maximum absolute atomic E-state index is 12.4. The van der Waals surface area contributed by atoms with Crippen LogP contribution >= 0.6 is 0 Å². The van der Waals surface area contributed by atoms with Crippen molar-refractivity contribution in [1.29, 1.82) is 5.26 Å². The van der Waals surface area contributed by atoms with E-state index in [9.17, 15) is 15.2 Å². The first-order valence-corrected chi connectivity index (χ1v) is 8.32. The van der Waals surface area contributed by atoms with Gasteiger partial charge in [-0.1, -0.05) is 0 Å². The second kappa shape index (κ2) is 5.90. The fourth-order valence-corrected chi connectivity index (χ4v) is 3.34. The standard InChI is InChI=1S/C18H18N4O3/c19-7-12-16(15-4-3-11(9-23)25-15)13-8-22(18(24)10-1-2-10)6-5-14(13)21-17(12)20/h3-4,10,23H,1-2,5-6,8-9H2,(H2,20,21). The van der Waals surface area contributed by atoms with Crippen LogP contribution in [0.1, 0.15) is 35.4 Å². The minimum atomic E-state index is -0.225.